The third-order valence-electron chi connectivity index (χ3n) is 3.35. The molecule has 2 aromatic rings. The number of nitrogens with zero attached hydrogens (tertiary/aromatic N) is 2. The maximum absolute atomic E-state index is 12.7. The molecule has 0 fully saturated rings. The van der Waals surface area contributed by atoms with Crippen LogP contribution >= 0.6 is 22.9 Å². The fraction of sp³-hybridized carbons (Fsp3) is 0.294. The Morgan fingerprint density at radius 1 is 1.31 bits per heavy atom. The number of carbonyl (C=O) groups is 3. The number of thiazole rings is 1. The Kier molecular flexibility index (Phi) is 7.11. The predicted molar refractivity (Wildman–Crippen MR) is 99.7 cm³/mol. The Labute approximate surface area is 159 Å². The van der Waals surface area contributed by atoms with Crippen LogP contribution in [0.3, 0.4) is 0 Å². The van der Waals surface area contributed by atoms with E-state index in [9.17, 15) is 14.4 Å². The molecule has 1 aromatic carbocycles. The number of amides is 2. The molecule has 0 bridgehead atoms. The molecule has 0 radical (unpaired) electrons. The molecular weight excluding hydrogens is 378 g/mol. The van der Waals surface area contributed by atoms with Crippen LogP contribution in [0.15, 0.2) is 29.6 Å². The van der Waals surface area contributed by atoms with Crippen LogP contribution in [0.4, 0.5) is 5.13 Å². The van der Waals surface area contributed by atoms with Gasteiger partial charge in [-0.05, 0) is 18.6 Å². The van der Waals surface area contributed by atoms with Gasteiger partial charge in [0.05, 0.1) is 22.7 Å². The van der Waals surface area contributed by atoms with Gasteiger partial charge in [-0.1, -0.05) is 30.7 Å². The zero-order valence-electron chi connectivity index (χ0n) is 14.1. The molecule has 0 aliphatic rings. The first kappa shape index (κ1) is 19.9. The Hall–Kier alpha value is -2.45. The van der Waals surface area contributed by atoms with Crippen molar-refractivity contribution in [3.05, 3.63) is 45.9 Å². The molecule has 0 saturated carbocycles. The summed E-state index contributed by atoms with van der Waals surface area (Å²) in [5.74, 6) is -1.72. The van der Waals surface area contributed by atoms with Crippen LogP contribution in [0.5, 0.6) is 0 Å². The molecule has 1 aromatic heterocycles. The second kappa shape index (κ2) is 9.30. The number of carbonyl (C=O) groups excluding carboxylic acids is 2. The van der Waals surface area contributed by atoms with Crippen molar-refractivity contribution in [2.45, 2.75) is 19.8 Å². The normalized spacial score (nSPS) is 10.4. The van der Waals surface area contributed by atoms with E-state index in [0.717, 1.165) is 11.3 Å². The lowest BCUT2D eigenvalue weighted by Gasteiger charge is -2.21. The first-order valence-electron chi connectivity index (χ1n) is 7.90. The highest BCUT2D eigenvalue weighted by molar-refractivity contribution is 7.13. The van der Waals surface area contributed by atoms with Crippen LogP contribution in [0.25, 0.3) is 0 Å². The van der Waals surface area contributed by atoms with Gasteiger partial charge in [-0.25, -0.2) is 4.98 Å². The number of aliphatic carboxylic acids is 1. The highest BCUT2D eigenvalue weighted by Gasteiger charge is 2.20. The Morgan fingerprint density at radius 2 is 2.04 bits per heavy atom. The zero-order valence-corrected chi connectivity index (χ0v) is 15.6. The molecule has 0 atom stereocenters. The third kappa shape index (κ3) is 5.53. The quantitative estimate of drug-likeness (QED) is 0.715. The summed E-state index contributed by atoms with van der Waals surface area (Å²) in [6.45, 7) is 2.16. The van der Waals surface area contributed by atoms with Crippen molar-refractivity contribution in [3.63, 3.8) is 0 Å². The number of nitrogens with one attached hydrogen (secondary N) is 1. The molecule has 2 rings (SSSR count). The monoisotopic (exact) mass is 395 g/mol. The van der Waals surface area contributed by atoms with Crippen molar-refractivity contribution < 1.29 is 19.5 Å². The van der Waals surface area contributed by atoms with Crippen molar-refractivity contribution in [3.8, 4) is 0 Å². The molecule has 9 heteroatoms. The van der Waals surface area contributed by atoms with Crippen molar-refractivity contribution >= 4 is 45.9 Å². The summed E-state index contributed by atoms with van der Waals surface area (Å²) in [5.41, 5.74) is 0.712. The van der Waals surface area contributed by atoms with E-state index in [1.807, 2.05) is 6.92 Å². The summed E-state index contributed by atoms with van der Waals surface area (Å²) in [7, 11) is 0. The highest BCUT2D eigenvalue weighted by atomic mass is 35.5. The predicted octanol–water partition coefficient (Wildman–Crippen LogP) is 2.91. The van der Waals surface area contributed by atoms with Crippen LogP contribution in [-0.4, -0.2) is 45.9 Å². The van der Waals surface area contributed by atoms with Crippen molar-refractivity contribution in [1.29, 1.82) is 0 Å². The molecule has 1 heterocycles. The molecule has 138 valence electrons. The number of halogens is 1. The maximum Gasteiger partial charge on any atom is 0.309 e. The van der Waals surface area contributed by atoms with E-state index in [1.54, 1.807) is 29.6 Å². The van der Waals surface area contributed by atoms with Crippen molar-refractivity contribution in [2.75, 3.05) is 18.4 Å². The number of benzene rings is 1. The van der Waals surface area contributed by atoms with E-state index in [4.69, 9.17) is 16.7 Å². The number of hydrogen-bond donors (Lipinski definition) is 2. The Morgan fingerprint density at radius 3 is 2.69 bits per heavy atom. The minimum Gasteiger partial charge on any atom is -0.481 e. The molecule has 0 spiro atoms. The van der Waals surface area contributed by atoms with Crippen LogP contribution in [0.2, 0.25) is 5.02 Å². The standard InChI is InChI=1S/C17H18ClN3O4S/c1-2-7-21(16(25)12-5-3-4-6-13(12)18)9-14(22)20-17-19-11(10-26-17)8-15(23)24/h3-6,10H,2,7-9H2,1H3,(H,23,24)(H,19,20,22). The summed E-state index contributed by atoms with van der Waals surface area (Å²) in [4.78, 5) is 41.1. The highest BCUT2D eigenvalue weighted by Crippen LogP contribution is 2.18. The van der Waals surface area contributed by atoms with E-state index < -0.39 is 11.9 Å². The van der Waals surface area contributed by atoms with Gasteiger partial charge in [0.15, 0.2) is 5.13 Å². The molecule has 2 amide bonds. The molecule has 0 unspecified atom stereocenters. The SMILES string of the molecule is CCCN(CC(=O)Nc1nc(CC(=O)O)cs1)C(=O)c1ccccc1Cl. The van der Waals surface area contributed by atoms with Gasteiger partial charge in [-0.2, -0.15) is 0 Å². The average molecular weight is 396 g/mol. The number of hydrogen-bond acceptors (Lipinski definition) is 5. The molecular formula is C17H18ClN3O4S. The van der Waals surface area contributed by atoms with Crippen molar-refractivity contribution in [2.24, 2.45) is 0 Å². The maximum atomic E-state index is 12.7. The van der Waals surface area contributed by atoms with Crippen molar-refractivity contribution in [1.82, 2.24) is 9.88 Å². The lowest BCUT2D eigenvalue weighted by atomic mass is 10.2. The number of rotatable bonds is 8. The van der Waals surface area contributed by atoms with Gasteiger partial charge >= 0.3 is 5.97 Å². The summed E-state index contributed by atoms with van der Waals surface area (Å²) >= 11 is 7.21. The smallest absolute Gasteiger partial charge is 0.309 e. The first-order valence-corrected chi connectivity index (χ1v) is 9.16. The van der Waals surface area contributed by atoms with E-state index in [2.05, 4.69) is 10.3 Å². The zero-order chi connectivity index (χ0) is 19.1. The van der Waals surface area contributed by atoms with Gasteiger partial charge in [0.25, 0.3) is 5.91 Å². The number of carboxylic acids is 1. The summed E-state index contributed by atoms with van der Waals surface area (Å²) in [6.07, 6.45) is 0.475. The van der Waals surface area contributed by atoms with E-state index in [1.165, 1.54) is 4.90 Å². The van der Waals surface area contributed by atoms with E-state index >= 15 is 0 Å². The molecule has 0 saturated heterocycles. The molecule has 7 nitrogen and oxygen atoms in total. The third-order valence-corrected chi connectivity index (χ3v) is 4.49. The second-order valence-corrected chi connectivity index (χ2v) is 6.73. The lowest BCUT2D eigenvalue weighted by Crippen LogP contribution is -2.38. The second-order valence-electron chi connectivity index (χ2n) is 5.47. The van der Waals surface area contributed by atoms with Gasteiger partial charge in [0.2, 0.25) is 5.91 Å². The van der Waals surface area contributed by atoms with Gasteiger partial charge in [0, 0.05) is 11.9 Å². The van der Waals surface area contributed by atoms with Crippen LogP contribution in [0, 0.1) is 0 Å². The number of aromatic nitrogens is 1. The molecule has 0 aliphatic carbocycles. The van der Waals surface area contributed by atoms with Gasteiger partial charge < -0.3 is 15.3 Å². The van der Waals surface area contributed by atoms with Gasteiger partial charge in [0.1, 0.15) is 6.54 Å². The van der Waals surface area contributed by atoms with E-state index in [-0.39, 0.29) is 18.9 Å². The average Bonchev–Trinajstić information content (AvgIpc) is 3.00. The Bertz CT molecular complexity index is 809. The fourth-order valence-electron chi connectivity index (χ4n) is 2.26. The molecule has 0 aliphatic heterocycles. The fourth-order valence-corrected chi connectivity index (χ4v) is 3.20. The number of carboxylic acid groups (broad SMARTS) is 1. The molecule has 26 heavy (non-hydrogen) atoms. The van der Waals surface area contributed by atoms with Crippen LogP contribution < -0.4 is 5.32 Å². The van der Waals surface area contributed by atoms with Gasteiger partial charge in [-0.15, -0.1) is 11.3 Å². The molecule has 2 N–H and O–H groups in total. The Balaban J connectivity index is 2.03. The summed E-state index contributed by atoms with van der Waals surface area (Å²) < 4.78 is 0. The minimum atomic E-state index is -0.993. The first-order chi connectivity index (χ1) is 12.4. The number of anilines is 1. The van der Waals surface area contributed by atoms with Gasteiger partial charge in [-0.3, -0.25) is 14.4 Å². The van der Waals surface area contributed by atoms with Crippen LogP contribution in [0.1, 0.15) is 29.4 Å². The lowest BCUT2D eigenvalue weighted by molar-refractivity contribution is -0.136. The van der Waals surface area contributed by atoms with Crippen LogP contribution in [-0.2, 0) is 16.0 Å². The topological polar surface area (TPSA) is 99.6 Å². The minimum absolute atomic E-state index is 0.147. The largest absolute Gasteiger partial charge is 0.481 e. The van der Waals surface area contributed by atoms with E-state index in [0.29, 0.717) is 34.4 Å². The summed E-state index contributed by atoms with van der Waals surface area (Å²) in [5, 5.41) is 13.5. The summed E-state index contributed by atoms with van der Waals surface area (Å²) in [6, 6.07) is 6.68.